The molecule has 0 saturated heterocycles. The van der Waals surface area contributed by atoms with Crippen molar-refractivity contribution in [2.24, 2.45) is 0 Å². The third kappa shape index (κ3) is 1.38. The number of fused-ring (bicyclic) bond motifs is 1. The lowest BCUT2D eigenvalue weighted by atomic mass is 10.2. The summed E-state index contributed by atoms with van der Waals surface area (Å²) < 4.78 is 43.0. The van der Waals surface area contributed by atoms with Gasteiger partial charge in [0.15, 0.2) is 11.6 Å². The standard InChI is InChI=1S/C9H8F3NO/c10-3-5-4-14-9-7(13-5)2-1-6(11)8(9)12/h1-2,5,13H,3-4H2/t5-/m1/s1. The molecule has 0 fully saturated rings. The predicted octanol–water partition coefficient (Wildman–Crippen LogP) is 2.11. The molecule has 0 unspecified atom stereocenters. The van der Waals surface area contributed by atoms with Crippen LogP contribution in [0.5, 0.6) is 5.75 Å². The van der Waals surface area contributed by atoms with Crippen molar-refractivity contribution in [2.75, 3.05) is 18.6 Å². The summed E-state index contributed by atoms with van der Waals surface area (Å²) in [7, 11) is 0. The van der Waals surface area contributed by atoms with E-state index in [1.807, 2.05) is 0 Å². The van der Waals surface area contributed by atoms with Gasteiger partial charge in [0.1, 0.15) is 13.3 Å². The minimum Gasteiger partial charge on any atom is -0.486 e. The van der Waals surface area contributed by atoms with Gasteiger partial charge in [0, 0.05) is 0 Å². The van der Waals surface area contributed by atoms with Crippen molar-refractivity contribution in [1.82, 2.24) is 0 Å². The van der Waals surface area contributed by atoms with E-state index >= 15 is 0 Å². The number of nitrogens with one attached hydrogen (secondary N) is 1. The summed E-state index contributed by atoms with van der Waals surface area (Å²) in [6.07, 6.45) is 0. The van der Waals surface area contributed by atoms with E-state index in [1.165, 1.54) is 6.07 Å². The monoisotopic (exact) mass is 203 g/mol. The van der Waals surface area contributed by atoms with Gasteiger partial charge in [0.05, 0.1) is 11.7 Å². The molecule has 0 saturated carbocycles. The maximum atomic E-state index is 13.1. The summed E-state index contributed by atoms with van der Waals surface area (Å²) in [4.78, 5) is 0. The van der Waals surface area contributed by atoms with Crippen molar-refractivity contribution in [3.8, 4) is 5.75 Å². The first kappa shape index (κ1) is 9.18. The molecule has 0 radical (unpaired) electrons. The third-order valence-corrected chi connectivity index (χ3v) is 2.02. The molecule has 1 aromatic rings. The number of rotatable bonds is 1. The van der Waals surface area contributed by atoms with Gasteiger partial charge in [0.25, 0.3) is 0 Å². The number of alkyl halides is 1. The van der Waals surface area contributed by atoms with Crippen LogP contribution < -0.4 is 10.1 Å². The Labute approximate surface area is 78.7 Å². The van der Waals surface area contributed by atoms with Crippen LogP contribution in [0.1, 0.15) is 0 Å². The Morgan fingerprint density at radius 2 is 2.21 bits per heavy atom. The highest BCUT2D eigenvalue weighted by Crippen LogP contribution is 2.32. The number of benzene rings is 1. The van der Waals surface area contributed by atoms with Gasteiger partial charge in [0.2, 0.25) is 5.82 Å². The molecular weight excluding hydrogens is 195 g/mol. The topological polar surface area (TPSA) is 21.3 Å². The average Bonchev–Trinajstić information content (AvgIpc) is 2.23. The Balaban J connectivity index is 2.36. The van der Waals surface area contributed by atoms with Gasteiger partial charge in [-0.3, -0.25) is 0 Å². The van der Waals surface area contributed by atoms with E-state index < -0.39 is 24.4 Å². The van der Waals surface area contributed by atoms with E-state index in [4.69, 9.17) is 4.74 Å². The zero-order valence-corrected chi connectivity index (χ0v) is 7.19. The molecule has 0 aromatic heterocycles. The first-order valence-corrected chi connectivity index (χ1v) is 4.15. The first-order valence-electron chi connectivity index (χ1n) is 4.15. The molecule has 76 valence electrons. The van der Waals surface area contributed by atoms with Crippen molar-refractivity contribution < 1.29 is 17.9 Å². The molecule has 1 aliphatic heterocycles. The molecule has 1 heterocycles. The highest BCUT2D eigenvalue weighted by atomic mass is 19.2. The highest BCUT2D eigenvalue weighted by molar-refractivity contribution is 5.59. The highest BCUT2D eigenvalue weighted by Gasteiger charge is 2.23. The van der Waals surface area contributed by atoms with Crippen molar-refractivity contribution in [3.63, 3.8) is 0 Å². The van der Waals surface area contributed by atoms with E-state index in [2.05, 4.69) is 5.32 Å². The molecule has 2 nitrogen and oxygen atoms in total. The predicted molar refractivity (Wildman–Crippen MR) is 45.2 cm³/mol. The maximum absolute atomic E-state index is 13.1. The SMILES string of the molecule is FC[C@@H]1COc2c(ccc(F)c2F)N1. The van der Waals surface area contributed by atoms with Gasteiger partial charge in [-0.1, -0.05) is 0 Å². The van der Waals surface area contributed by atoms with Crippen LogP contribution in [-0.4, -0.2) is 19.3 Å². The van der Waals surface area contributed by atoms with Crippen molar-refractivity contribution in [3.05, 3.63) is 23.8 Å². The minimum absolute atomic E-state index is 0.00384. The Hall–Kier alpha value is -1.39. The van der Waals surface area contributed by atoms with E-state index in [1.54, 1.807) is 0 Å². The molecule has 0 bridgehead atoms. The minimum atomic E-state index is -1.03. The van der Waals surface area contributed by atoms with Crippen molar-refractivity contribution >= 4 is 5.69 Å². The van der Waals surface area contributed by atoms with Crippen LogP contribution >= 0.6 is 0 Å². The van der Waals surface area contributed by atoms with Crippen LogP contribution in [0.15, 0.2) is 12.1 Å². The molecule has 1 aliphatic rings. The summed E-state index contributed by atoms with van der Waals surface area (Å²) in [6, 6.07) is 1.81. The van der Waals surface area contributed by atoms with Gasteiger partial charge in [-0.25, -0.2) is 8.78 Å². The molecule has 5 heteroatoms. The van der Waals surface area contributed by atoms with Crippen LogP contribution in [-0.2, 0) is 0 Å². The second-order valence-electron chi connectivity index (χ2n) is 3.04. The van der Waals surface area contributed by atoms with E-state index in [-0.39, 0.29) is 18.0 Å². The quantitative estimate of drug-likeness (QED) is 0.754. The van der Waals surface area contributed by atoms with Gasteiger partial charge in [-0.2, -0.15) is 4.39 Å². The zero-order chi connectivity index (χ0) is 10.1. The van der Waals surface area contributed by atoms with Crippen LogP contribution in [0.25, 0.3) is 0 Å². The van der Waals surface area contributed by atoms with Crippen molar-refractivity contribution in [2.45, 2.75) is 6.04 Å². The van der Waals surface area contributed by atoms with Crippen LogP contribution in [0.2, 0.25) is 0 Å². The van der Waals surface area contributed by atoms with Gasteiger partial charge < -0.3 is 10.1 Å². The number of halogens is 3. The Morgan fingerprint density at radius 3 is 2.93 bits per heavy atom. The lowest BCUT2D eigenvalue weighted by Crippen LogP contribution is -2.33. The lowest BCUT2D eigenvalue weighted by molar-refractivity contribution is 0.246. The normalized spacial score (nSPS) is 19.5. The Kier molecular flexibility index (Phi) is 2.23. The maximum Gasteiger partial charge on any atom is 0.202 e. The molecular formula is C9H8F3NO. The Bertz CT molecular complexity index is 356. The number of ether oxygens (including phenoxy) is 1. The first-order chi connectivity index (χ1) is 6.72. The number of hydrogen-bond acceptors (Lipinski definition) is 2. The molecule has 0 spiro atoms. The van der Waals surface area contributed by atoms with Crippen LogP contribution in [0.4, 0.5) is 18.9 Å². The number of anilines is 1. The Morgan fingerprint density at radius 1 is 1.43 bits per heavy atom. The van der Waals surface area contributed by atoms with Crippen LogP contribution in [0.3, 0.4) is 0 Å². The molecule has 1 aromatic carbocycles. The average molecular weight is 203 g/mol. The number of hydrogen-bond donors (Lipinski definition) is 1. The molecule has 14 heavy (non-hydrogen) atoms. The molecule has 1 atom stereocenters. The van der Waals surface area contributed by atoms with Crippen LogP contribution in [0, 0.1) is 11.6 Å². The fourth-order valence-electron chi connectivity index (χ4n) is 1.32. The molecule has 0 amide bonds. The zero-order valence-electron chi connectivity index (χ0n) is 7.19. The van der Waals surface area contributed by atoms with Gasteiger partial charge in [-0.05, 0) is 12.1 Å². The molecule has 2 rings (SSSR count). The summed E-state index contributed by atoms with van der Waals surface area (Å²) in [5.74, 6) is -2.17. The largest absolute Gasteiger partial charge is 0.486 e. The smallest absolute Gasteiger partial charge is 0.202 e. The summed E-state index contributed by atoms with van der Waals surface area (Å²) in [5.41, 5.74) is 0.290. The third-order valence-electron chi connectivity index (χ3n) is 2.02. The second kappa shape index (κ2) is 3.40. The second-order valence-corrected chi connectivity index (χ2v) is 3.04. The summed E-state index contributed by atoms with van der Waals surface area (Å²) in [5, 5.41) is 2.71. The fraction of sp³-hybridized carbons (Fsp3) is 0.333. The summed E-state index contributed by atoms with van der Waals surface area (Å²) in [6.45, 7) is -0.609. The molecule has 1 N–H and O–H groups in total. The van der Waals surface area contributed by atoms with E-state index in [0.717, 1.165) is 6.07 Å². The van der Waals surface area contributed by atoms with E-state index in [9.17, 15) is 13.2 Å². The van der Waals surface area contributed by atoms with E-state index in [0.29, 0.717) is 0 Å². The lowest BCUT2D eigenvalue weighted by Gasteiger charge is -2.25. The van der Waals surface area contributed by atoms with Gasteiger partial charge >= 0.3 is 0 Å². The van der Waals surface area contributed by atoms with Crippen molar-refractivity contribution in [1.29, 1.82) is 0 Å². The van der Waals surface area contributed by atoms with Gasteiger partial charge in [-0.15, -0.1) is 0 Å². The molecule has 0 aliphatic carbocycles. The summed E-state index contributed by atoms with van der Waals surface area (Å²) >= 11 is 0. The fourth-order valence-corrected chi connectivity index (χ4v) is 1.32.